The van der Waals surface area contributed by atoms with Gasteiger partial charge in [0, 0.05) is 0 Å². The summed E-state index contributed by atoms with van der Waals surface area (Å²) in [6, 6.07) is 0. The number of nitrogens with one attached hydrogen (secondary N) is 2. The van der Waals surface area contributed by atoms with E-state index in [2.05, 4.69) is 30.5 Å². The molecule has 0 amide bonds. The highest BCUT2D eigenvalue weighted by molar-refractivity contribution is 6.28. The fourth-order valence-electron chi connectivity index (χ4n) is 1.58. The van der Waals surface area contributed by atoms with Gasteiger partial charge in [0.25, 0.3) is 0 Å². The van der Waals surface area contributed by atoms with Crippen LogP contribution in [0.1, 0.15) is 11.7 Å². The van der Waals surface area contributed by atoms with E-state index in [1.54, 1.807) is 12.4 Å². The van der Waals surface area contributed by atoms with Crippen molar-refractivity contribution in [3.63, 3.8) is 0 Å². The first-order chi connectivity index (χ1) is 8.72. The fourth-order valence-corrected chi connectivity index (χ4v) is 1.75. The molecular weight excluding hydrogens is 256 g/mol. The van der Waals surface area contributed by atoms with Crippen LogP contribution in [0.2, 0.25) is 5.28 Å². The molecule has 92 valence electrons. The number of H-pyrrole nitrogens is 1. The number of rotatable bonds is 3. The molecule has 0 spiro atoms. The molecule has 18 heavy (non-hydrogen) atoms. The van der Waals surface area contributed by atoms with Gasteiger partial charge in [0.1, 0.15) is 11.6 Å². The molecule has 0 aliphatic rings. The highest BCUT2D eigenvalue weighted by atomic mass is 35.5. The van der Waals surface area contributed by atoms with Crippen molar-refractivity contribution in [2.24, 2.45) is 0 Å². The van der Waals surface area contributed by atoms with E-state index in [4.69, 9.17) is 16.0 Å². The van der Waals surface area contributed by atoms with E-state index in [9.17, 15) is 0 Å². The molecule has 0 bridgehead atoms. The van der Waals surface area contributed by atoms with Gasteiger partial charge in [-0.2, -0.15) is 15.1 Å². The number of aromatic nitrogens is 5. The number of fused-ring (bicyclic) bond motifs is 1. The van der Waals surface area contributed by atoms with Crippen LogP contribution >= 0.6 is 11.6 Å². The molecule has 0 atom stereocenters. The van der Waals surface area contributed by atoms with E-state index in [1.165, 1.54) is 0 Å². The molecule has 0 radical (unpaired) electrons. The van der Waals surface area contributed by atoms with Crippen LogP contribution in [0.4, 0.5) is 5.82 Å². The minimum atomic E-state index is 0.151. The molecule has 2 N–H and O–H groups in total. The molecule has 0 aliphatic carbocycles. The van der Waals surface area contributed by atoms with Crippen LogP contribution in [0.25, 0.3) is 11.0 Å². The Kier molecular flexibility index (Phi) is 2.60. The summed E-state index contributed by atoms with van der Waals surface area (Å²) < 4.78 is 5.36. The molecule has 8 heteroatoms. The van der Waals surface area contributed by atoms with Gasteiger partial charge in [-0.15, -0.1) is 0 Å². The van der Waals surface area contributed by atoms with Crippen LogP contribution in [0.3, 0.4) is 0 Å². The van der Waals surface area contributed by atoms with Gasteiger partial charge in [0.05, 0.1) is 24.3 Å². The molecule has 0 fully saturated rings. The van der Waals surface area contributed by atoms with E-state index in [1.807, 2.05) is 6.92 Å². The summed E-state index contributed by atoms with van der Waals surface area (Å²) in [6.45, 7) is 2.26. The Morgan fingerprint density at radius 3 is 3.06 bits per heavy atom. The zero-order valence-corrected chi connectivity index (χ0v) is 10.2. The lowest BCUT2D eigenvalue weighted by Gasteiger charge is -2.03. The van der Waals surface area contributed by atoms with Crippen LogP contribution < -0.4 is 5.32 Å². The Hall–Kier alpha value is -2.15. The Balaban J connectivity index is 1.87. The average Bonchev–Trinajstić information content (AvgIpc) is 2.94. The molecule has 3 aromatic rings. The first-order valence-corrected chi connectivity index (χ1v) is 5.62. The summed E-state index contributed by atoms with van der Waals surface area (Å²) >= 11 is 5.82. The summed E-state index contributed by atoms with van der Waals surface area (Å²) in [5, 5.41) is 10.6. The van der Waals surface area contributed by atoms with E-state index in [0.29, 0.717) is 23.9 Å². The van der Waals surface area contributed by atoms with Crippen LogP contribution in [0.15, 0.2) is 16.8 Å². The largest absolute Gasteiger partial charge is 0.444 e. The predicted octanol–water partition coefficient (Wildman–Crippen LogP) is 1.91. The third-order valence-electron chi connectivity index (χ3n) is 2.36. The number of anilines is 1. The Morgan fingerprint density at radius 1 is 1.39 bits per heavy atom. The van der Waals surface area contributed by atoms with Crippen molar-refractivity contribution in [3.05, 3.63) is 29.3 Å². The average molecular weight is 265 g/mol. The predicted molar refractivity (Wildman–Crippen MR) is 65.3 cm³/mol. The number of aryl methyl sites for hydroxylation is 1. The van der Waals surface area contributed by atoms with Gasteiger partial charge in [-0.3, -0.25) is 5.10 Å². The van der Waals surface area contributed by atoms with Gasteiger partial charge < -0.3 is 9.73 Å². The molecule has 3 heterocycles. The van der Waals surface area contributed by atoms with Gasteiger partial charge in [0.15, 0.2) is 5.65 Å². The number of nitrogens with zero attached hydrogens (tertiary/aromatic N) is 4. The Morgan fingerprint density at radius 2 is 2.28 bits per heavy atom. The fraction of sp³-hybridized carbons (Fsp3) is 0.200. The monoisotopic (exact) mass is 264 g/mol. The summed E-state index contributed by atoms with van der Waals surface area (Å²) in [6.07, 6.45) is 3.30. The third kappa shape index (κ3) is 2.00. The van der Waals surface area contributed by atoms with E-state index < -0.39 is 0 Å². The maximum atomic E-state index is 5.82. The normalized spacial score (nSPS) is 11.0. The van der Waals surface area contributed by atoms with Gasteiger partial charge in [-0.25, -0.2) is 4.98 Å². The van der Waals surface area contributed by atoms with Crippen LogP contribution in [0, 0.1) is 6.92 Å². The molecule has 0 aromatic carbocycles. The molecule has 7 nitrogen and oxygen atoms in total. The second-order valence-corrected chi connectivity index (χ2v) is 4.03. The zero-order chi connectivity index (χ0) is 12.5. The summed E-state index contributed by atoms with van der Waals surface area (Å²) in [5.74, 6) is 1.94. The molecule has 0 unspecified atom stereocenters. The highest BCUT2D eigenvalue weighted by Gasteiger charge is 2.09. The molecule has 0 saturated carbocycles. The minimum Gasteiger partial charge on any atom is -0.444 e. The van der Waals surface area contributed by atoms with Crippen molar-refractivity contribution in [3.8, 4) is 0 Å². The summed E-state index contributed by atoms with van der Waals surface area (Å²) in [4.78, 5) is 12.2. The molecular formula is C10H9ClN6O. The maximum Gasteiger partial charge on any atom is 0.226 e. The molecule has 3 aromatic heterocycles. The Bertz CT molecular complexity index is 691. The number of halogens is 1. The molecule has 3 rings (SSSR count). The molecule has 0 aliphatic heterocycles. The van der Waals surface area contributed by atoms with Crippen molar-refractivity contribution >= 4 is 28.5 Å². The highest BCUT2D eigenvalue weighted by Crippen LogP contribution is 2.20. The van der Waals surface area contributed by atoms with Crippen molar-refractivity contribution < 1.29 is 4.42 Å². The number of aromatic amines is 1. The summed E-state index contributed by atoms with van der Waals surface area (Å²) in [7, 11) is 0. The SMILES string of the molecule is Cc1cnc(CNc2nc(Cl)nc3[nH]ncc23)o1. The second-order valence-electron chi connectivity index (χ2n) is 3.69. The van der Waals surface area contributed by atoms with Crippen LogP contribution in [-0.2, 0) is 6.54 Å². The first kappa shape index (κ1) is 11.0. The lowest BCUT2D eigenvalue weighted by molar-refractivity contribution is 0.479. The lowest BCUT2D eigenvalue weighted by atomic mass is 10.4. The quantitative estimate of drug-likeness (QED) is 0.702. The van der Waals surface area contributed by atoms with Gasteiger partial charge in [-0.1, -0.05) is 0 Å². The van der Waals surface area contributed by atoms with Crippen molar-refractivity contribution in [1.82, 2.24) is 25.1 Å². The third-order valence-corrected chi connectivity index (χ3v) is 2.53. The van der Waals surface area contributed by atoms with Gasteiger partial charge in [-0.05, 0) is 18.5 Å². The summed E-state index contributed by atoms with van der Waals surface area (Å²) in [5.41, 5.74) is 0.584. The number of oxazole rings is 1. The first-order valence-electron chi connectivity index (χ1n) is 5.24. The van der Waals surface area contributed by atoms with Crippen molar-refractivity contribution in [1.29, 1.82) is 0 Å². The van der Waals surface area contributed by atoms with Gasteiger partial charge in [0.2, 0.25) is 11.2 Å². The van der Waals surface area contributed by atoms with Gasteiger partial charge >= 0.3 is 0 Å². The molecule has 0 saturated heterocycles. The van der Waals surface area contributed by atoms with E-state index in [-0.39, 0.29) is 5.28 Å². The topological polar surface area (TPSA) is 92.5 Å². The van der Waals surface area contributed by atoms with Crippen molar-refractivity contribution in [2.45, 2.75) is 13.5 Å². The van der Waals surface area contributed by atoms with Crippen LogP contribution in [0.5, 0.6) is 0 Å². The number of hydrogen-bond donors (Lipinski definition) is 2. The number of hydrogen-bond acceptors (Lipinski definition) is 6. The maximum absolute atomic E-state index is 5.82. The minimum absolute atomic E-state index is 0.151. The standard InChI is InChI=1S/C10H9ClN6O/c1-5-2-12-7(18-5)4-13-8-6-3-14-17-9(6)16-10(11)15-8/h2-3H,4H2,1H3,(H2,13,14,15,16,17). The van der Waals surface area contributed by atoms with Crippen molar-refractivity contribution in [2.75, 3.05) is 5.32 Å². The smallest absolute Gasteiger partial charge is 0.226 e. The second kappa shape index (κ2) is 4.26. The Labute approximate surface area is 107 Å². The van der Waals surface area contributed by atoms with E-state index >= 15 is 0 Å². The lowest BCUT2D eigenvalue weighted by Crippen LogP contribution is -2.03. The van der Waals surface area contributed by atoms with E-state index in [0.717, 1.165) is 11.1 Å². The van der Waals surface area contributed by atoms with Crippen LogP contribution in [-0.4, -0.2) is 25.1 Å². The zero-order valence-electron chi connectivity index (χ0n) is 9.44.